The van der Waals surface area contributed by atoms with E-state index < -0.39 is 0 Å². The van der Waals surface area contributed by atoms with E-state index in [4.69, 9.17) is 24.4 Å². The van der Waals surface area contributed by atoms with Crippen molar-refractivity contribution in [3.63, 3.8) is 0 Å². The first kappa shape index (κ1) is 18.3. The molecule has 0 spiro atoms. The molecule has 0 aliphatic rings. The summed E-state index contributed by atoms with van der Waals surface area (Å²) in [6.45, 7) is 12.6. The fourth-order valence-corrected chi connectivity index (χ4v) is 12.0. The summed E-state index contributed by atoms with van der Waals surface area (Å²) in [5, 5.41) is 0. The summed E-state index contributed by atoms with van der Waals surface area (Å²) in [5.74, 6) is 0. The molecule has 0 aromatic carbocycles. The number of hydrogen-bond acceptors (Lipinski definition) is 4. The Balaban J connectivity index is 3.90. The molecule has 7 heteroatoms. The zero-order valence-electron chi connectivity index (χ0n) is 10.8. The fraction of sp³-hybridized carbons (Fsp3) is 0.800. The third-order valence-corrected chi connectivity index (χ3v) is 12.8. The molecule has 100 valence electrons. The molecule has 0 amide bonds. The third kappa shape index (κ3) is 7.44. The number of thiocarbonyl (C=S) groups is 2. The van der Waals surface area contributed by atoms with Gasteiger partial charge in [-0.15, -0.1) is 0 Å². The first-order chi connectivity index (χ1) is 8.10. The van der Waals surface area contributed by atoms with E-state index in [1.54, 1.807) is 0 Å². The third-order valence-electron chi connectivity index (χ3n) is 2.25. The molecule has 0 rings (SSSR count). The molecule has 0 heterocycles. The summed E-state index contributed by atoms with van der Waals surface area (Å²) < 4.78 is 2.07. The van der Waals surface area contributed by atoms with Crippen LogP contribution < -0.4 is 0 Å². The van der Waals surface area contributed by atoms with Crippen molar-refractivity contribution in [2.45, 2.75) is 27.7 Å². The van der Waals surface area contributed by atoms with Crippen molar-refractivity contribution in [1.82, 2.24) is 9.80 Å². The average molecular weight is 424 g/mol. The Kier molecular flexibility index (Phi) is 12.0. The SMILES string of the molecule is CCN(CC)C(=S)S[Te]SC(=S)N(CC)CC. The van der Waals surface area contributed by atoms with Crippen LogP contribution in [0.15, 0.2) is 0 Å². The Bertz CT molecular complexity index is 218. The van der Waals surface area contributed by atoms with Crippen LogP contribution >= 0.6 is 42.4 Å². The molecule has 0 saturated heterocycles. The van der Waals surface area contributed by atoms with Crippen LogP contribution in [0, 0.1) is 0 Å². The van der Waals surface area contributed by atoms with Gasteiger partial charge in [-0.1, -0.05) is 0 Å². The molecule has 0 radical (unpaired) electrons. The first-order valence-corrected chi connectivity index (χ1v) is 13.7. The zero-order valence-corrected chi connectivity index (χ0v) is 16.4. The Hall–Kier alpha value is 1.27. The molecule has 2 nitrogen and oxygen atoms in total. The fourth-order valence-electron chi connectivity index (χ4n) is 1.14. The second-order valence-electron chi connectivity index (χ2n) is 3.11. The predicted molar refractivity (Wildman–Crippen MR) is 92.0 cm³/mol. The van der Waals surface area contributed by atoms with Crippen molar-refractivity contribution in [3.05, 3.63) is 0 Å². The molecular formula is C10H20N2S4Te. The van der Waals surface area contributed by atoms with Gasteiger partial charge in [0, 0.05) is 0 Å². The standard InChI is InChI=1S/C10H20N2S4Te/c1-5-11(6-2)9(13)15-17-16-10(14)12(7-3)8-4/h5-8H2,1-4H3. The molecule has 17 heavy (non-hydrogen) atoms. The van der Waals surface area contributed by atoms with Gasteiger partial charge in [0.2, 0.25) is 0 Å². The van der Waals surface area contributed by atoms with Crippen LogP contribution in [-0.4, -0.2) is 62.8 Å². The van der Waals surface area contributed by atoms with E-state index in [0.29, 0.717) is 0 Å². The Morgan fingerprint density at radius 1 is 0.824 bits per heavy atom. The minimum atomic E-state index is -0.259. The van der Waals surface area contributed by atoms with Gasteiger partial charge in [0.1, 0.15) is 0 Å². The van der Waals surface area contributed by atoms with E-state index in [0.717, 1.165) is 34.8 Å². The summed E-state index contributed by atoms with van der Waals surface area (Å²) in [5.41, 5.74) is 0. The van der Waals surface area contributed by atoms with Gasteiger partial charge in [-0.3, -0.25) is 0 Å². The van der Waals surface area contributed by atoms with E-state index in [1.807, 2.05) is 18.0 Å². The second kappa shape index (κ2) is 11.1. The first-order valence-electron chi connectivity index (χ1n) is 5.69. The summed E-state index contributed by atoms with van der Waals surface area (Å²) in [7, 11) is 3.67. The molecule has 0 N–H and O–H groups in total. The molecule has 0 aliphatic heterocycles. The minimum absolute atomic E-state index is 0.259. The van der Waals surface area contributed by atoms with E-state index in [2.05, 4.69) is 37.5 Å². The predicted octanol–water partition coefficient (Wildman–Crippen LogP) is 3.24. The van der Waals surface area contributed by atoms with Gasteiger partial charge in [0.25, 0.3) is 0 Å². The molecule has 0 bridgehead atoms. The quantitative estimate of drug-likeness (QED) is 0.474. The van der Waals surface area contributed by atoms with E-state index in [-0.39, 0.29) is 18.2 Å². The van der Waals surface area contributed by atoms with Crippen molar-refractivity contribution in [1.29, 1.82) is 0 Å². The van der Waals surface area contributed by atoms with E-state index in [9.17, 15) is 0 Å². The molecule has 0 saturated carbocycles. The van der Waals surface area contributed by atoms with Crippen LogP contribution in [0.25, 0.3) is 0 Å². The molecule has 0 aliphatic carbocycles. The summed E-state index contributed by atoms with van der Waals surface area (Å²) in [6, 6.07) is 0. The average Bonchev–Trinajstić information content (AvgIpc) is 2.32. The second-order valence-corrected chi connectivity index (χ2v) is 12.4. The monoisotopic (exact) mass is 426 g/mol. The van der Waals surface area contributed by atoms with Gasteiger partial charge < -0.3 is 0 Å². The van der Waals surface area contributed by atoms with Crippen LogP contribution in [0.4, 0.5) is 0 Å². The molecule has 0 aromatic rings. The van der Waals surface area contributed by atoms with Gasteiger partial charge in [-0.25, -0.2) is 0 Å². The van der Waals surface area contributed by atoms with Crippen molar-refractivity contribution in [2.24, 2.45) is 0 Å². The van der Waals surface area contributed by atoms with Crippen molar-refractivity contribution in [2.75, 3.05) is 26.2 Å². The van der Waals surface area contributed by atoms with Crippen LogP contribution in [0.3, 0.4) is 0 Å². The van der Waals surface area contributed by atoms with Gasteiger partial charge in [0.05, 0.1) is 0 Å². The number of hydrogen-bond donors (Lipinski definition) is 0. The van der Waals surface area contributed by atoms with Crippen molar-refractivity contribution >= 4 is 69.2 Å². The van der Waals surface area contributed by atoms with E-state index >= 15 is 0 Å². The van der Waals surface area contributed by atoms with Crippen molar-refractivity contribution < 1.29 is 0 Å². The van der Waals surface area contributed by atoms with Crippen LogP contribution in [-0.2, 0) is 0 Å². The molecular weight excluding hydrogens is 404 g/mol. The van der Waals surface area contributed by atoms with Crippen molar-refractivity contribution in [3.8, 4) is 0 Å². The Morgan fingerprint density at radius 2 is 1.12 bits per heavy atom. The summed E-state index contributed by atoms with van der Waals surface area (Å²) in [4.78, 5) is 4.46. The maximum absolute atomic E-state index is 5.40. The van der Waals surface area contributed by atoms with Crippen LogP contribution in [0.1, 0.15) is 27.7 Å². The van der Waals surface area contributed by atoms with Gasteiger partial charge >= 0.3 is 133 Å². The molecule has 0 aromatic heterocycles. The van der Waals surface area contributed by atoms with E-state index in [1.165, 1.54) is 0 Å². The Morgan fingerprint density at radius 3 is 1.35 bits per heavy atom. The van der Waals surface area contributed by atoms with Gasteiger partial charge in [-0.2, -0.15) is 0 Å². The Labute approximate surface area is 132 Å². The summed E-state index contributed by atoms with van der Waals surface area (Å²) >= 11 is 10.5. The molecule has 0 atom stereocenters. The molecule has 0 unspecified atom stereocenters. The topological polar surface area (TPSA) is 6.48 Å². The number of rotatable bonds is 6. The van der Waals surface area contributed by atoms with Crippen LogP contribution in [0.2, 0.25) is 0 Å². The zero-order chi connectivity index (χ0) is 13.3. The van der Waals surface area contributed by atoms with Crippen LogP contribution in [0.5, 0.6) is 0 Å². The van der Waals surface area contributed by atoms with Gasteiger partial charge in [0.15, 0.2) is 0 Å². The van der Waals surface area contributed by atoms with Gasteiger partial charge in [-0.05, 0) is 0 Å². The summed E-state index contributed by atoms with van der Waals surface area (Å²) in [6.07, 6.45) is 0. The number of nitrogens with zero attached hydrogens (tertiary/aromatic N) is 2. The molecule has 0 fully saturated rings. The maximum atomic E-state index is 5.40. The normalized spacial score (nSPS) is 10.1.